The van der Waals surface area contributed by atoms with Crippen LogP contribution in [0.4, 0.5) is 14.5 Å². The number of hydrogen-bond acceptors (Lipinski definition) is 2. The van der Waals surface area contributed by atoms with E-state index in [0.717, 1.165) is 0 Å². The van der Waals surface area contributed by atoms with Crippen LogP contribution in [0.2, 0.25) is 0 Å². The van der Waals surface area contributed by atoms with Crippen LogP contribution < -0.4 is 5.32 Å². The van der Waals surface area contributed by atoms with Gasteiger partial charge < -0.3 is 10.2 Å². The van der Waals surface area contributed by atoms with Gasteiger partial charge in [-0.25, -0.2) is 8.78 Å². The maximum atomic E-state index is 13.6. The molecule has 6 heteroatoms. The molecule has 25 heavy (non-hydrogen) atoms. The Morgan fingerprint density at radius 1 is 1.12 bits per heavy atom. The highest BCUT2D eigenvalue weighted by molar-refractivity contribution is 5.94. The van der Waals surface area contributed by atoms with Crippen molar-refractivity contribution in [2.75, 3.05) is 12.4 Å². The molecule has 0 spiro atoms. The summed E-state index contributed by atoms with van der Waals surface area (Å²) in [5, 5.41) is 2.69. The Kier molecular flexibility index (Phi) is 4.79. The van der Waals surface area contributed by atoms with E-state index in [1.54, 1.807) is 25.2 Å². The summed E-state index contributed by atoms with van der Waals surface area (Å²) in [5.41, 5.74) is 0.914. The number of nitrogens with one attached hydrogen (secondary N) is 1. The molecule has 2 atom stereocenters. The van der Waals surface area contributed by atoms with Crippen molar-refractivity contribution in [1.82, 2.24) is 4.90 Å². The van der Waals surface area contributed by atoms with Gasteiger partial charge in [-0.15, -0.1) is 0 Å². The highest BCUT2D eigenvalue weighted by atomic mass is 19.1. The highest BCUT2D eigenvalue weighted by Gasteiger charge is 2.39. The van der Waals surface area contributed by atoms with Gasteiger partial charge in [0.15, 0.2) is 0 Å². The van der Waals surface area contributed by atoms with Crippen LogP contribution in [0, 0.1) is 17.6 Å². The third kappa shape index (κ3) is 3.68. The fourth-order valence-corrected chi connectivity index (χ4v) is 3.26. The molecule has 0 saturated carbocycles. The fourth-order valence-electron chi connectivity index (χ4n) is 3.26. The SMILES string of the molecule is CN1C(=O)CC[C@H](C(=O)Nc2cccc(F)c2)[C@H]1c1cccc(F)c1. The lowest BCUT2D eigenvalue weighted by molar-refractivity contribution is -0.140. The Hall–Kier alpha value is -2.76. The smallest absolute Gasteiger partial charge is 0.229 e. The average Bonchev–Trinajstić information content (AvgIpc) is 2.57. The standard InChI is InChI=1S/C19H18F2N2O2/c1-23-17(24)9-8-16(18(23)12-4-2-5-13(20)10-12)19(25)22-15-7-3-6-14(21)11-15/h2-7,10-11,16,18H,8-9H2,1H3,(H,22,25)/t16-,18+/m0/s1. The summed E-state index contributed by atoms with van der Waals surface area (Å²) in [6.45, 7) is 0. The molecule has 2 aromatic rings. The van der Waals surface area contributed by atoms with Gasteiger partial charge in [0, 0.05) is 19.2 Å². The van der Waals surface area contributed by atoms with Gasteiger partial charge in [0.05, 0.1) is 12.0 Å². The lowest BCUT2D eigenvalue weighted by Crippen LogP contribution is -2.44. The Morgan fingerprint density at radius 3 is 2.48 bits per heavy atom. The van der Waals surface area contributed by atoms with Gasteiger partial charge in [-0.05, 0) is 42.3 Å². The van der Waals surface area contributed by atoms with Crippen LogP contribution in [0.3, 0.4) is 0 Å². The van der Waals surface area contributed by atoms with E-state index >= 15 is 0 Å². The minimum Gasteiger partial charge on any atom is -0.338 e. The van der Waals surface area contributed by atoms with Crippen LogP contribution in [0.5, 0.6) is 0 Å². The van der Waals surface area contributed by atoms with E-state index in [1.807, 2.05) is 0 Å². The van der Waals surface area contributed by atoms with Gasteiger partial charge in [0.1, 0.15) is 11.6 Å². The number of anilines is 1. The average molecular weight is 344 g/mol. The van der Waals surface area contributed by atoms with Gasteiger partial charge >= 0.3 is 0 Å². The third-order valence-corrected chi connectivity index (χ3v) is 4.48. The van der Waals surface area contributed by atoms with Crippen LogP contribution in [0.25, 0.3) is 0 Å². The van der Waals surface area contributed by atoms with Crippen LogP contribution in [-0.2, 0) is 9.59 Å². The summed E-state index contributed by atoms with van der Waals surface area (Å²) in [6, 6.07) is 11.0. The molecular weight excluding hydrogens is 326 g/mol. The van der Waals surface area contributed by atoms with Crippen molar-refractivity contribution in [3.8, 4) is 0 Å². The molecule has 130 valence electrons. The van der Waals surface area contributed by atoms with E-state index in [9.17, 15) is 18.4 Å². The molecule has 2 amide bonds. The summed E-state index contributed by atoms with van der Waals surface area (Å²) in [5.74, 6) is -1.83. The number of amides is 2. The zero-order chi connectivity index (χ0) is 18.0. The molecule has 0 unspecified atom stereocenters. The lowest BCUT2D eigenvalue weighted by Gasteiger charge is -2.38. The molecule has 1 saturated heterocycles. The molecule has 1 fully saturated rings. The first-order chi connectivity index (χ1) is 12.0. The van der Waals surface area contributed by atoms with Crippen molar-refractivity contribution in [3.63, 3.8) is 0 Å². The number of nitrogens with zero attached hydrogens (tertiary/aromatic N) is 1. The van der Waals surface area contributed by atoms with Crippen molar-refractivity contribution in [3.05, 3.63) is 65.7 Å². The molecule has 0 bridgehead atoms. The second kappa shape index (κ2) is 7.01. The molecule has 3 rings (SSSR count). The van der Waals surface area contributed by atoms with Gasteiger partial charge in [-0.2, -0.15) is 0 Å². The predicted molar refractivity (Wildman–Crippen MR) is 89.7 cm³/mol. The van der Waals surface area contributed by atoms with Crippen molar-refractivity contribution < 1.29 is 18.4 Å². The number of carbonyl (C=O) groups is 2. The molecule has 1 aliphatic heterocycles. The van der Waals surface area contributed by atoms with E-state index in [-0.39, 0.29) is 18.2 Å². The Labute approximate surface area is 144 Å². The molecule has 1 heterocycles. The number of hydrogen-bond donors (Lipinski definition) is 1. The monoisotopic (exact) mass is 344 g/mol. The zero-order valence-corrected chi connectivity index (χ0v) is 13.7. The zero-order valence-electron chi connectivity index (χ0n) is 13.7. The number of carbonyl (C=O) groups excluding carboxylic acids is 2. The van der Waals surface area contributed by atoms with Crippen molar-refractivity contribution in [2.24, 2.45) is 5.92 Å². The molecule has 4 nitrogen and oxygen atoms in total. The second-order valence-electron chi connectivity index (χ2n) is 6.15. The van der Waals surface area contributed by atoms with E-state index in [4.69, 9.17) is 0 Å². The largest absolute Gasteiger partial charge is 0.338 e. The Balaban J connectivity index is 1.89. The van der Waals surface area contributed by atoms with E-state index in [0.29, 0.717) is 17.7 Å². The normalized spacial score (nSPS) is 20.4. The highest BCUT2D eigenvalue weighted by Crippen LogP contribution is 2.36. The van der Waals surface area contributed by atoms with E-state index in [2.05, 4.69) is 5.32 Å². The predicted octanol–water partition coefficient (Wildman–Crippen LogP) is 3.51. The van der Waals surface area contributed by atoms with Crippen LogP contribution in [0.1, 0.15) is 24.4 Å². The number of likely N-dealkylation sites (tertiary alicyclic amines) is 1. The van der Waals surface area contributed by atoms with Crippen molar-refractivity contribution >= 4 is 17.5 Å². The summed E-state index contributed by atoms with van der Waals surface area (Å²) in [4.78, 5) is 26.3. The molecule has 0 aliphatic carbocycles. The first-order valence-electron chi connectivity index (χ1n) is 8.03. The number of piperidine rings is 1. The van der Waals surface area contributed by atoms with Gasteiger partial charge in [0.2, 0.25) is 11.8 Å². The first-order valence-corrected chi connectivity index (χ1v) is 8.03. The Morgan fingerprint density at radius 2 is 1.80 bits per heavy atom. The fraction of sp³-hybridized carbons (Fsp3) is 0.263. The quantitative estimate of drug-likeness (QED) is 0.926. The molecule has 0 aromatic heterocycles. The van der Waals surface area contributed by atoms with E-state index in [1.165, 1.54) is 35.2 Å². The van der Waals surface area contributed by atoms with E-state index < -0.39 is 23.6 Å². The maximum Gasteiger partial charge on any atom is 0.229 e. The first kappa shape index (κ1) is 17.1. The van der Waals surface area contributed by atoms with Crippen LogP contribution in [-0.4, -0.2) is 23.8 Å². The summed E-state index contributed by atoms with van der Waals surface area (Å²) < 4.78 is 26.9. The molecule has 1 aliphatic rings. The van der Waals surface area contributed by atoms with Gasteiger partial charge in [-0.3, -0.25) is 9.59 Å². The lowest BCUT2D eigenvalue weighted by atomic mass is 9.84. The van der Waals surface area contributed by atoms with Crippen LogP contribution >= 0.6 is 0 Å². The van der Waals surface area contributed by atoms with Gasteiger partial charge in [-0.1, -0.05) is 18.2 Å². The van der Waals surface area contributed by atoms with Crippen molar-refractivity contribution in [2.45, 2.75) is 18.9 Å². The molecule has 0 radical (unpaired) electrons. The molecular formula is C19H18F2N2O2. The number of benzene rings is 2. The second-order valence-corrected chi connectivity index (χ2v) is 6.15. The topological polar surface area (TPSA) is 49.4 Å². The summed E-state index contributed by atoms with van der Waals surface area (Å²) >= 11 is 0. The summed E-state index contributed by atoms with van der Waals surface area (Å²) in [7, 11) is 1.61. The number of halogens is 2. The maximum absolute atomic E-state index is 13.6. The van der Waals surface area contributed by atoms with Crippen LogP contribution in [0.15, 0.2) is 48.5 Å². The minimum atomic E-state index is -0.564. The minimum absolute atomic E-state index is 0.0935. The molecule has 1 N–H and O–H groups in total. The summed E-state index contributed by atoms with van der Waals surface area (Å²) in [6.07, 6.45) is 0.592. The number of rotatable bonds is 3. The third-order valence-electron chi connectivity index (χ3n) is 4.48. The Bertz CT molecular complexity index is 810. The molecule has 2 aromatic carbocycles. The van der Waals surface area contributed by atoms with Crippen molar-refractivity contribution in [1.29, 1.82) is 0 Å². The van der Waals surface area contributed by atoms with Gasteiger partial charge in [0.25, 0.3) is 0 Å².